The summed E-state index contributed by atoms with van der Waals surface area (Å²) in [6.07, 6.45) is -3.68. The van der Waals surface area contributed by atoms with E-state index in [2.05, 4.69) is 15.4 Å². The Morgan fingerprint density at radius 2 is 1.69 bits per heavy atom. The van der Waals surface area contributed by atoms with Crippen LogP contribution in [0.3, 0.4) is 0 Å². The van der Waals surface area contributed by atoms with Gasteiger partial charge in [-0.15, -0.1) is 24.5 Å². The Kier molecular flexibility index (Phi) is 5.17. The summed E-state index contributed by atoms with van der Waals surface area (Å²) in [7, 11) is 0. The first-order valence-electron chi connectivity index (χ1n) is 10.2. The highest BCUT2D eigenvalue weighted by molar-refractivity contribution is 7.10. The number of hydrogen-bond acceptors (Lipinski definition) is 5. The molecule has 0 spiro atoms. The van der Waals surface area contributed by atoms with Crippen LogP contribution in [0.25, 0.3) is 0 Å². The Morgan fingerprint density at radius 1 is 0.938 bits per heavy atom. The molecule has 0 radical (unpaired) electrons. The van der Waals surface area contributed by atoms with Crippen LogP contribution in [0.15, 0.2) is 77.3 Å². The fourth-order valence-electron chi connectivity index (χ4n) is 4.33. The maximum Gasteiger partial charge on any atom is 0.573 e. The number of benzene rings is 2. The van der Waals surface area contributed by atoms with Crippen LogP contribution in [-0.4, -0.2) is 12.1 Å². The van der Waals surface area contributed by atoms with Crippen LogP contribution in [-0.2, 0) is 4.79 Å². The van der Waals surface area contributed by atoms with Crippen molar-refractivity contribution in [1.82, 2.24) is 0 Å². The van der Waals surface area contributed by atoms with Crippen LogP contribution in [0.2, 0.25) is 0 Å². The van der Waals surface area contributed by atoms with Gasteiger partial charge in [0, 0.05) is 28.5 Å². The molecule has 1 aliphatic heterocycles. The number of allylic oxidation sites excluding steroid dienone is 1. The summed E-state index contributed by atoms with van der Waals surface area (Å²) >= 11 is 1.64. The molecule has 1 aliphatic carbocycles. The molecule has 0 unspecified atom stereocenters. The van der Waals surface area contributed by atoms with Gasteiger partial charge in [0.2, 0.25) is 0 Å². The first-order chi connectivity index (χ1) is 15.4. The monoisotopic (exact) mass is 456 g/mol. The number of ether oxygens (including phenoxy) is 1. The summed E-state index contributed by atoms with van der Waals surface area (Å²) in [6.45, 7) is 0. The van der Waals surface area contributed by atoms with Crippen LogP contribution in [0, 0.1) is 0 Å². The second-order valence-corrected chi connectivity index (χ2v) is 8.78. The molecule has 2 atom stereocenters. The smallest absolute Gasteiger partial charge is 0.406 e. The van der Waals surface area contributed by atoms with Gasteiger partial charge in [0.15, 0.2) is 5.78 Å². The molecule has 2 N–H and O–H groups in total. The van der Waals surface area contributed by atoms with Gasteiger partial charge >= 0.3 is 6.36 Å². The number of ketones is 1. The Labute approximate surface area is 186 Å². The van der Waals surface area contributed by atoms with Gasteiger partial charge in [-0.05, 0) is 47.7 Å². The number of halogens is 3. The zero-order valence-corrected chi connectivity index (χ0v) is 17.6. The highest BCUT2D eigenvalue weighted by Crippen LogP contribution is 2.45. The Balaban J connectivity index is 1.55. The Hall–Kier alpha value is -3.26. The summed E-state index contributed by atoms with van der Waals surface area (Å²) in [5.41, 5.74) is 3.84. The first kappa shape index (κ1) is 20.6. The van der Waals surface area contributed by atoms with E-state index < -0.39 is 12.4 Å². The van der Waals surface area contributed by atoms with Crippen LogP contribution in [0.1, 0.15) is 35.2 Å². The Bertz CT molecular complexity index is 1170. The molecule has 164 valence electrons. The molecule has 2 aliphatic rings. The van der Waals surface area contributed by atoms with Crippen molar-refractivity contribution in [3.05, 3.63) is 87.8 Å². The lowest BCUT2D eigenvalue weighted by Crippen LogP contribution is -2.26. The molecule has 3 aromatic rings. The largest absolute Gasteiger partial charge is 0.573 e. The number of Topliss-reactive ketones (excluding diaryl/α,β-unsaturated/α-hetero) is 1. The van der Waals surface area contributed by atoms with Crippen molar-refractivity contribution >= 4 is 28.5 Å². The predicted molar refractivity (Wildman–Crippen MR) is 118 cm³/mol. The highest BCUT2D eigenvalue weighted by Gasteiger charge is 2.36. The fourth-order valence-corrected chi connectivity index (χ4v) is 5.16. The number of para-hydroxylation sites is 2. The number of fused-ring (bicyclic) bond motifs is 1. The lowest BCUT2D eigenvalue weighted by Gasteiger charge is -2.29. The van der Waals surface area contributed by atoms with E-state index in [4.69, 9.17) is 0 Å². The zero-order chi connectivity index (χ0) is 22.3. The molecular weight excluding hydrogens is 437 g/mol. The van der Waals surface area contributed by atoms with Crippen molar-refractivity contribution in [1.29, 1.82) is 0 Å². The number of nitrogens with one attached hydrogen (secondary N) is 2. The normalized spacial score (nSPS) is 20.5. The third kappa shape index (κ3) is 4.10. The summed E-state index contributed by atoms with van der Waals surface area (Å²) < 4.78 is 41.6. The van der Waals surface area contributed by atoms with Gasteiger partial charge in [0.25, 0.3) is 0 Å². The summed E-state index contributed by atoms with van der Waals surface area (Å²) in [5, 5.41) is 8.88. The predicted octanol–water partition coefficient (Wildman–Crippen LogP) is 6.63. The van der Waals surface area contributed by atoms with E-state index in [0.717, 1.165) is 17.1 Å². The number of rotatable bonds is 3. The standard InChI is InChI=1S/C24H19F3N2O2S/c25-24(26,27)31-16-9-7-14(8-10-16)23-22-19(28-17-4-1-2-5-18(17)29-23)12-15(13-20(22)30)21-6-3-11-32-21/h1-11,15,23,28-29H,12-13H2/t15-,23-/m1/s1. The van der Waals surface area contributed by atoms with Gasteiger partial charge in [-0.2, -0.15) is 0 Å². The number of alkyl halides is 3. The lowest BCUT2D eigenvalue weighted by molar-refractivity contribution is -0.274. The van der Waals surface area contributed by atoms with Crippen LogP contribution < -0.4 is 15.4 Å². The molecule has 1 aromatic heterocycles. The van der Waals surface area contributed by atoms with E-state index in [-0.39, 0.29) is 17.5 Å². The molecular formula is C24H19F3N2O2S. The minimum Gasteiger partial charge on any atom is -0.406 e. The maximum atomic E-state index is 13.4. The van der Waals surface area contributed by atoms with Crippen molar-refractivity contribution in [3.63, 3.8) is 0 Å². The lowest BCUT2D eigenvalue weighted by atomic mass is 9.81. The van der Waals surface area contributed by atoms with Gasteiger partial charge in [-0.25, -0.2) is 0 Å². The van der Waals surface area contributed by atoms with Crippen LogP contribution in [0.5, 0.6) is 5.75 Å². The molecule has 8 heteroatoms. The van der Waals surface area contributed by atoms with E-state index in [1.165, 1.54) is 17.0 Å². The van der Waals surface area contributed by atoms with Gasteiger partial charge < -0.3 is 15.4 Å². The van der Waals surface area contributed by atoms with Crippen LogP contribution in [0.4, 0.5) is 24.5 Å². The fraction of sp³-hybridized carbons (Fsp3) is 0.208. The molecule has 4 nitrogen and oxygen atoms in total. The van der Waals surface area contributed by atoms with Crippen molar-refractivity contribution in [2.75, 3.05) is 10.6 Å². The number of carbonyl (C=O) groups excluding carboxylic acids is 1. The molecule has 0 saturated heterocycles. The van der Waals surface area contributed by atoms with Gasteiger partial charge in [0.1, 0.15) is 5.75 Å². The molecule has 5 rings (SSSR count). The molecule has 0 bridgehead atoms. The molecule has 0 saturated carbocycles. The average molecular weight is 456 g/mol. The van der Waals surface area contributed by atoms with Crippen molar-refractivity contribution in [2.24, 2.45) is 0 Å². The average Bonchev–Trinajstić information content (AvgIpc) is 3.22. The SMILES string of the molecule is O=C1C[C@H](c2cccs2)CC2=C1[C@@H](c1ccc(OC(F)(F)F)cc1)Nc1ccccc1N2. The summed E-state index contributed by atoms with van der Waals surface area (Å²) in [6, 6.07) is 16.9. The topological polar surface area (TPSA) is 50.4 Å². The zero-order valence-electron chi connectivity index (χ0n) is 16.8. The second kappa shape index (κ2) is 8.02. The Morgan fingerprint density at radius 3 is 2.38 bits per heavy atom. The molecule has 2 aromatic carbocycles. The maximum absolute atomic E-state index is 13.4. The van der Waals surface area contributed by atoms with E-state index in [0.29, 0.717) is 24.0 Å². The van der Waals surface area contributed by atoms with E-state index >= 15 is 0 Å². The van der Waals surface area contributed by atoms with Gasteiger partial charge in [0.05, 0.1) is 17.4 Å². The number of thiophene rings is 1. The number of anilines is 2. The summed E-state index contributed by atoms with van der Waals surface area (Å²) in [4.78, 5) is 14.5. The minimum atomic E-state index is -4.75. The number of carbonyl (C=O) groups is 1. The number of hydrogen-bond donors (Lipinski definition) is 2. The van der Waals surface area contributed by atoms with Gasteiger partial charge in [-0.1, -0.05) is 30.3 Å². The van der Waals surface area contributed by atoms with Gasteiger partial charge in [-0.3, -0.25) is 4.79 Å². The van der Waals surface area contributed by atoms with Crippen molar-refractivity contribution < 1.29 is 22.7 Å². The minimum absolute atomic E-state index is 0.0260. The quantitative estimate of drug-likeness (QED) is 0.465. The van der Waals surface area contributed by atoms with Crippen molar-refractivity contribution in [2.45, 2.75) is 31.2 Å². The molecule has 32 heavy (non-hydrogen) atoms. The van der Waals surface area contributed by atoms with E-state index in [1.807, 2.05) is 41.8 Å². The molecule has 0 fully saturated rings. The van der Waals surface area contributed by atoms with Crippen LogP contribution >= 0.6 is 11.3 Å². The third-order valence-corrected chi connectivity index (χ3v) is 6.74. The van der Waals surface area contributed by atoms with E-state index in [9.17, 15) is 18.0 Å². The highest BCUT2D eigenvalue weighted by atomic mass is 32.1. The molecule has 0 amide bonds. The van der Waals surface area contributed by atoms with E-state index in [1.54, 1.807) is 23.5 Å². The van der Waals surface area contributed by atoms with Crippen molar-refractivity contribution in [3.8, 4) is 5.75 Å². The third-order valence-electron chi connectivity index (χ3n) is 5.70. The first-order valence-corrected chi connectivity index (χ1v) is 11.0. The summed E-state index contributed by atoms with van der Waals surface area (Å²) in [5.74, 6) is -0.171. The molecule has 2 heterocycles. The second-order valence-electron chi connectivity index (χ2n) is 7.80.